The van der Waals surface area contributed by atoms with E-state index >= 15 is 0 Å². The quantitative estimate of drug-likeness (QED) is 0.918. The van der Waals surface area contributed by atoms with E-state index in [-0.39, 0.29) is 6.04 Å². The zero-order valence-corrected chi connectivity index (χ0v) is 11.4. The number of hydrogen-bond acceptors (Lipinski definition) is 3. The zero-order chi connectivity index (χ0) is 13.1. The third kappa shape index (κ3) is 2.37. The van der Waals surface area contributed by atoms with Gasteiger partial charge < -0.3 is 14.5 Å². The molecule has 1 N–H and O–H groups in total. The van der Waals surface area contributed by atoms with Gasteiger partial charge in [0.15, 0.2) is 0 Å². The topological polar surface area (TPSA) is 34.4 Å². The maximum absolute atomic E-state index is 6.30. The first kappa shape index (κ1) is 13.0. The van der Waals surface area contributed by atoms with Gasteiger partial charge in [0.2, 0.25) is 0 Å². The number of benzene rings is 1. The molecule has 0 saturated heterocycles. The molecule has 0 spiro atoms. The Morgan fingerprint density at radius 3 is 2.56 bits per heavy atom. The fourth-order valence-electron chi connectivity index (χ4n) is 2.04. The summed E-state index contributed by atoms with van der Waals surface area (Å²) in [6, 6.07) is 7.66. The number of hydrogen-bond donors (Lipinski definition) is 1. The van der Waals surface area contributed by atoms with E-state index in [0.717, 1.165) is 22.6 Å². The zero-order valence-electron chi connectivity index (χ0n) is 10.7. The van der Waals surface area contributed by atoms with E-state index in [2.05, 4.69) is 5.32 Å². The molecule has 0 aliphatic carbocycles. The Kier molecular flexibility index (Phi) is 3.94. The minimum Gasteiger partial charge on any atom is -0.497 e. The predicted octanol–water partition coefficient (Wildman–Crippen LogP) is 3.56. The molecule has 1 aromatic carbocycles. The van der Waals surface area contributed by atoms with Crippen LogP contribution >= 0.6 is 11.6 Å². The molecule has 0 amide bonds. The summed E-state index contributed by atoms with van der Waals surface area (Å²) in [4.78, 5) is 0. The molecule has 1 aromatic heterocycles. The van der Waals surface area contributed by atoms with Crippen LogP contribution in [0.5, 0.6) is 5.75 Å². The largest absolute Gasteiger partial charge is 0.497 e. The monoisotopic (exact) mass is 265 g/mol. The van der Waals surface area contributed by atoms with Crippen LogP contribution in [0.25, 0.3) is 0 Å². The molecule has 96 valence electrons. The van der Waals surface area contributed by atoms with Gasteiger partial charge in [-0.15, -0.1) is 0 Å². The summed E-state index contributed by atoms with van der Waals surface area (Å²) < 4.78 is 10.5. The molecule has 1 atom stereocenters. The van der Waals surface area contributed by atoms with Crippen LogP contribution in [0.3, 0.4) is 0 Å². The summed E-state index contributed by atoms with van der Waals surface area (Å²) in [6.45, 7) is 1.94. The van der Waals surface area contributed by atoms with Gasteiger partial charge in [-0.1, -0.05) is 17.7 Å². The molecule has 0 aliphatic heterocycles. The van der Waals surface area contributed by atoms with Gasteiger partial charge >= 0.3 is 0 Å². The molecule has 2 rings (SSSR count). The van der Waals surface area contributed by atoms with Gasteiger partial charge in [-0.2, -0.15) is 0 Å². The van der Waals surface area contributed by atoms with Crippen molar-refractivity contribution in [2.24, 2.45) is 0 Å². The molecule has 0 aliphatic rings. The Labute approximate surface area is 112 Å². The lowest BCUT2D eigenvalue weighted by Crippen LogP contribution is -2.18. The summed E-state index contributed by atoms with van der Waals surface area (Å²) in [5, 5.41) is 3.93. The van der Waals surface area contributed by atoms with Crippen LogP contribution in [0.1, 0.15) is 22.9 Å². The number of halogens is 1. The highest BCUT2D eigenvalue weighted by Crippen LogP contribution is 2.32. The van der Waals surface area contributed by atoms with Crippen LogP contribution in [0.4, 0.5) is 0 Å². The van der Waals surface area contributed by atoms with Crippen LogP contribution in [0.15, 0.2) is 34.9 Å². The molecule has 18 heavy (non-hydrogen) atoms. The Balaban J connectivity index is 2.42. The minimum absolute atomic E-state index is 0.0159. The number of ether oxygens (including phenoxy) is 1. The number of aryl methyl sites for hydroxylation is 1. The van der Waals surface area contributed by atoms with Crippen molar-refractivity contribution in [1.29, 1.82) is 0 Å². The summed E-state index contributed by atoms with van der Waals surface area (Å²) in [7, 11) is 3.53. The van der Waals surface area contributed by atoms with E-state index in [0.29, 0.717) is 5.02 Å². The van der Waals surface area contributed by atoms with Crippen molar-refractivity contribution in [2.75, 3.05) is 14.2 Å². The third-order valence-corrected chi connectivity index (χ3v) is 3.34. The second-order valence-electron chi connectivity index (χ2n) is 4.04. The molecule has 0 bridgehead atoms. The van der Waals surface area contributed by atoms with E-state index in [9.17, 15) is 0 Å². The lowest BCUT2D eigenvalue weighted by molar-refractivity contribution is 0.414. The van der Waals surface area contributed by atoms with Crippen LogP contribution < -0.4 is 10.1 Å². The lowest BCUT2D eigenvalue weighted by Gasteiger charge is -2.18. The number of furan rings is 1. The molecule has 2 aromatic rings. The molecular weight excluding hydrogens is 250 g/mol. The van der Waals surface area contributed by atoms with E-state index in [1.54, 1.807) is 13.4 Å². The van der Waals surface area contributed by atoms with Crippen molar-refractivity contribution >= 4 is 11.6 Å². The standard InChI is InChI=1S/C14H16ClNO2/c1-9-11(6-7-18-9)14(16-2)12-5-4-10(17-3)8-13(12)15/h4-8,14,16H,1-3H3. The second kappa shape index (κ2) is 5.46. The summed E-state index contributed by atoms with van der Waals surface area (Å²) in [5.74, 6) is 1.64. The van der Waals surface area contributed by atoms with Crippen molar-refractivity contribution in [3.05, 3.63) is 52.4 Å². The first-order valence-corrected chi connectivity index (χ1v) is 6.10. The van der Waals surface area contributed by atoms with Gasteiger partial charge in [0.1, 0.15) is 11.5 Å². The van der Waals surface area contributed by atoms with Crippen LogP contribution in [0, 0.1) is 6.92 Å². The Morgan fingerprint density at radius 1 is 1.28 bits per heavy atom. The predicted molar refractivity (Wildman–Crippen MR) is 72.4 cm³/mol. The van der Waals surface area contributed by atoms with Crippen LogP contribution in [0.2, 0.25) is 5.02 Å². The Bertz CT molecular complexity index is 536. The molecule has 1 unspecified atom stereocenters. The summed E-state index contributed by atoms with van der Waals surface area (Å²) in [6.07, 6.45) is 1.69. The SMILES string of the molecule is CNC(c1ccc(OC)cc1Cl)c1ccoc1C. The van der Waals surface area contributed by atoms with Crippen molar-refractivity contribution in [1.82, 2.24) is 5.32 Å². The van der Waals surface area contributed by atoms with Crippen molar-refractivity contribution in [3.8, 4) is 5.75 Å². The van der Waals surface area contributed by atoms with Gasteiger partial charge in [-0.05, 0) is 37.7 Å². The Morgan fingerprint density at radius 2 is 2.06 bits per heavy atom. The maximum Gasteiger partial charge on any atom is 0.120 e. The summed E-state index contributed by atoms with van der Waals surface area (Å²) in [5.41, 5.74) is 2.09. The number of nitrogens with one attached hydrogen (secondary N) is 1. The van der Waals surface area contributed by atoms with Crippen molar-refractivity contribution in [3.63, 3.8) is 0 Å². The van der Waals surface area contributed by atoms with Gasteiger partial charge in [0.25, 0.3) is 0 Å². The van der Waals surface area contributed by atoms with Crippen molar-refractivity contribution in [2.45, 2.75) is 13.0 Å². The molecule has 0 fully saturated rings. The number of rotatable bonds is 4. The van der Waals surface area contributed by atoms with E-state index in [1.165, 1.54) is 0 Å². The molecule has 1 heterocycles. The van der Waals surface area contributed by atoms with E-state index in [4.69, 9.17) is 20.8 Å². The molecule has 0 saturated carbocycles. The normalized spacial score (nSPS) is 12.4. The van der Waals surface area contributed by atoms with Crippen LogP contribution in [-0.4, -0.2) is 14.2 Å². The minimum atomic E-state index is 0.0159. The maximum atomic E-state index is 6.30. The average molecular weight is 266 g/mol. The molecule has 0 radical (unpaired) electrons. The highest BCUT2D eigenvalue weighted by atomic mass is 35.5. The highest BCUT2D eigenvalue weighted by molar-refractivity contribution is 6.31. The van der Waals surface area contributed by atoms with E-state index < -0.39 is 0 Å². The van der Waals surface area contributed by atoms with Gasteiger partial charge in [-0.3, -0.25) is 0 Å². The summed E-state index contributed by atoms with van der Waals surface area (Å²) >= 11 is 6.30. The van der Waals surface area contributed by atoms with Crippen LogP contribution in [-0.2, 0) is 0 Å². The molecule has 3 nitrogen and oxygen atoms in total. The van der Waals surface area contributed by atoms with Gasteiger partial charge in [-0.25, -0.2) is 0 Å². The number of methoxy groups -OCH3 is 1. The fourth-order valence-corrected chi connectivity index (χ4v) is 2.32. The average Bonchev–Trinajstić information content (AvgIpc) is 2.78. The lowest BCUT2D eigenvalue weighted by atomic mass is 9.99. The van der Waals surface area contributed by atoms with Crippen molar-refractivity contribution < 1.29 is 9.15 Å². The molecular formula is C14H16ClNO2. The first-order chi connectivity index (χ1) is 8.67. The van der Waals surface area contributed by atoms with Gasteiger partial charge in [0, 0.05) is 10.6 Å². The molecule has 4 heteroatoms. The third-order valence-electron chi connectivity index (χ3n) is 3.02. The highest BCUT2D eigenvalue weighted by Gasteiger charge is 2.19. The second-order valence-corrected chi connectivity index (χ2v) is 4.45. The fraction of sp³-hybridized carbons (Fsp3) is 0.286. The smallest absolute Gasteiger partial charge is 0.120 e. The van der Waals surface area contributed by atoms with Gasteiger partial charge in [0.05, 0.1) is 19.4 Å². The first-order valence-electron chi connectivity index (χ1n) is 5.72. The Hall–Kier alpha value is -1.45. The van der Waals surface area contributed by atoms with E-state index in [1.807, 2.05) is 38.2 Å².